The van der Waals surface area contributed by atoms with Crippen LogP contribution in [0.5, 0.6) is 0 Å². The molecule has 7 nitrogen and oxygen atoms in total. The molecule has 1 aromatic carbocycles. The molecule has 4 rings (SSSR count). The Morgan fingerprint density at radius 2 is 2.06 bits per heavy atom. The molecule has 0 aromatic heterocycles. The molecular weight excluding hydrogens is 440 g/mol. The molecule has 0 radical (unpaired) electrons. The maximum Gasteiger partial charge on any atom is 0.319 e. The van der Waals surface area contributed by atoms with Gasteiger partial charge in [0.25, 0.3) is 0 Å². The molecular formula is C28H36N4O3. The van der Waals surface area contributed by atoms with Crippen LogP contribution >= 0.6 is 0 Å². The van der Waals surface area contributed by atoms with Gasteiger partial charge in [-0.15, -0.1) is 0 Å². The van der Waals surface area contributed by atoms with Crippen LogP contribution in [0, 0.1) is 5.41 Å². The van der Waals surface area contributed by atoms with Gasteiger partial charge >= 0.3 is 6.03 Å². The highest BCUT2D eigenvalue weighted by Crippen LogP contribution is 2.31. The number of likely N-dealkylation sites (tertiary alicyclic amines) is 1. The highest BCUT2D eigenvalue weighted by molar-refractivity contribution is 5.96. The molecule has 7 heteroatoms. The number of rotatable bonds is 5. The number of nitrogens with zero attached hydrogens (tertiary/aromatic N) is 2. The zero-order valence-electron chi connectivity index (χ0n) is 21.0. The summed E-state index contributed by atoms with van der Waals surface area (Å²) in [4.78, 5) is 43.2. The first kappa shape index (κ1) is 24.8. The van der Waals surface area contributed by atoms with Crippen LogP contribution in [0.3, 0.4) is 0 Å². The van der Waals surface area contributed by atoms with Crippen LogP contribution in [0.25, 0.3) is 0 Å². The Morgan fingerprint density at radius 1 is 1.23 bits per heavy atom. The number of nitrogens with one attached hydrogen (secondary N) is 2. The summed E-state index contributed by atoms with van der Waals surface area (Å²) in [5.74, 6) is -0.317. The number of hydrogen-bond donors (Lipinski definition) is 2. The fourth-order valence-electron chi connectivity index (χ4n) is 5.03. The SMILES string of the molecule is CCc1cccc(NC(=O)N[C@@H]2CC=C3CC=CC=C3N(CC(=O)N3CCCC(C)(C)C3)C2=O)c1. The normalized spacial score (nSPS) is 21.5. The quantitative estimate of drug-likeness (QED) is 0.661. The highest BCUT2D eigenvalue weighted by Gasteiger charge is 2.36. The zero-order chi connectivity index (χ0) is 25.0. The van der Waals surface area contributed by atoms with Crippen molar-refractivity contribution >= 4 is 23.5 Å². The second-order valence-electron chi connectivity index (χ2n) is 10.4. The van der Waals surface area contributed by atoms with Crippen molar-refractivity contribution in [2.45, 2.75) is 58.9 Å². The van der Waals surface area contributed by atoms with Crippen LogP contribution in [0.4, 0.5) is 10.5 Å². The Morgan fingerprint density at radius 3 is 2.83 bits per heavy atom. The van der Waals surface area contributed by atoms with Gasteiger partial charge in [0.05, 0.1) is 0 Å². The molecule has 186 valence electrons. The van der Waals surface area contributed by atoms with E-state index in [0.29, 0.717) is 31.6 Å². The number of urea groups is 1. The molecule has 0 saturated carbocycles. The van der Waals surface area contributed by atoms with Crippen LogP contribution < -0.4 is 10.6 Å². The van der Waals surface area contributed by atoms with Gasteiger partial charge in [0, 0.05) is 24.5 Å². The van der Waals surface area contributed by atoms with Gasteiger partial charge in [0.2, 0.25) is 11.8 Å². The van der Waals surface area contributed by atoms with Crippen molar-refractivity contribution in [2.75, 3.05) is 25.0 Å². The lowest BCUT2D eigenvalue weighted by Crippen LogP contribution is -2.52. The Labute approximate surface area is 207 Å². The number of allylic oxidation sites excluding steroid dienone is 4. The van der Waals surface area contributed by atoms with Gasteiger partial charge < -0.3 is 20.4 Å². The predicted molar refractivity (Wildman–Crippen MR) is 138 cm³/mol. The number of fused-ring (bicyclic) bond motifs is 1. The molecule has 0 spiro atoms. The van der Waals surface area contributed by atoms with E-state index in [2.05, 4.69) is 31.4 Å². The number of amides is 4. The minimum Gasteiger partial charge on any atom is -0.341 e. The van der Waals surface area contributed by atoms with Gasteiger partial charge in [-0.25, -0.2) is 4.79 Å². The van der Waals surface area contributed by atoms with Gasteiger partial charge in [-0.1, -0.05) is 51.1 Å². The van der Waals surface area contributed by atoms with Crippen LogP contribution in [-0.2, 0) is 16.0 Å². The summed E-state index contributed by atoms with van der Waals surface area (Å²) in [5.41, 5.74) is 3.63. The fourth-order valence-corrected chi connectivity index (χ4v) is 5.03. The maximum atomic E-state index is 13.6. The third-order valence-electron chi connectivity index (χ3n) is 6.96. The Bertz CT molecular complexity index is 1090. The number of benzene rings is 1. The smallest absolute Gasteiger partial charge is 0.319 e. The minimum atomic E-state index is -0.756. The molecule has 1 aromatic rings. The molecule has 1 fully saturated rings. The van der Waals surface area contributed by atoms with Crippen molar-refractivity contribution in [3.8, 4) is 0 Å². The van der Waals surface area contributed by atoms with Crippen LogP contribution in [-0.4, -0.2) is 53.3 Å². The molecule has 35 heavy (non-hydrogen) atoms. The second kappa shape index (κ2) is 10.5. The van der Waals surface area contributed by atoms with E-state index >= 15 is 0 Å². The lowest BCUT2D eigenvalue weighted by atomic mass is 9.84. The first-order valence-corrected chi connectivity index (χ1v) is 12.6. The van der Waals surface area contributed by atoms with Crippen molar-refractivity contribution < 1.29 is 14.4 Å². The predicted octanol–water partition coefficient (Wildman–Crippen LogP) is 4.39. The fraction of sp³-hybridized carbons (Fsp3) is 0.464. The Hall–Kier alpha value is -3.35. The van der Waals surface area contributed by atoms with E-state index in [1.165, 1.54) is 0 Å². The molecule has 2 heterocycles. The van der Waals surface area contributed by atoms with E-state index in [9.17, 15) is 14.4 Å². The topological polar surface area (TPSA) is 81.8 Å². The molecule has 4 amide bonds. The van der Waals surface area contributed by atoms with Crippen LogP contribution in [0.2, 0.25) is 0 Å². The third-order valence-corrected chi connectivity index (χ3v) is 6.96. The van der Waals surface area contributed by atoms with Gasteiger partial charge in [0.15, 0.2) is 0 Å². The van der Waals surface area contributed by atoms with Crippen molar-refractivity contribution in [3.63, 3.8) is 0 Å². The van der Waals surface area contributed by atoms with Gasteiger partial charge in [-0.3, -0.25) is 9.59 Å². The number of piperidine rings is 1. The number of anilines is 1. The van der Waals surface area contributed by atoms with Gasteiger partial charge in [0.1, 0.15) is 12.6 Å². The summed E-state index contributed by atoms with van der Waals surface area (Å²) in [6.07, 6.45) is 11.8. The molecule has 0 unspecified atom stereocenters. The Kier molecular flexibility index (Phi) is 7.43. The average Bonchev–Trinajstić information content (AvgIpc) is 2.96. The first-order chi connectivity index (χ1) is 16.8. The van der Waals surface area contributed by atoms with Crippen molar-refractivity contribution in [1.29, 1.82) is 0 Å². The number of hydrogen-bond acceptors (Lipinski definition) is 3. The molecule has 0 bridgehead atoms. The summed E-state index contributed by atoms with van der Waals surface area (Å²) >= 11 is 0. The first-order valence-electron chi connectivity index (χ1n) is 12.6. The van der Waals surface area contributed by atoms with Crippen LogP contribution in [0.1, 0.15) is 52.0 Å². The van der Waals surface area contributed by atoms with E-state index in [-0.39, 0.29) is 23.8 Å². The lowest BCUT2D eigenvalue weighted by Gasteiger charge is -2.39. The second-order valence-corrected chi connectivity index (χ2v) is 10.4. The Balaban J connectivity index is 1.50. The zero-order valence-corrected chi connectivity index (χ0v) is 21.0. The molecule has 2 N–H and O–H groups in total. The largest absolute Gasteiger partial charge is 0.341 e. The number of carbonyl (C=O) groups is 3. The summed E-state index contributed by atoms with van der Waals surface area (Å²) in [6.45, 7) is 7.79. The van der Waals surface area contributed by atoms with Crippen molar-refractivity contribution in [1.82, 2.24) is 15.1 Å². The van der Waals surface area contributed by atoms with Crippen LogP contribution in [0.15, 0.2) is 59.8 Å². The lowest BCUT2D eigenvalue weighted by molar-refractivity contribution is -0.141. The van der Waals surface area contributed by atoms with E-state index in [0.717, 1.165) is 36.1 Å². The van der Waals surface area contributed by atoms with E-state index in [4.69, 9.17) is 0 Å². The molecule has 1 atom stereocenters. The van der Waals surface area contributed by atoms with Gasteiger partial charge in [-0.05, 0) is 66.9 Å². The highest BCUT2D eigenvalue weighted by atomic mass is 16.2. The molecule has 2 aliphatic heterocycles. The van der Waals surface area contributed by atoms with Crippen molar-refractivity contribution in [2.24, 2.45) is 5.41 Å². The number of aryl methyl sites for hydroxylation is 1. The maximum absolute atomic E-state index is 13.6. The average molecular weight is 477 g/mol. The molecule has 1 aliphatic carbocycles. The minimum absolute atomic E-state index is 0.0235. The summed E-state index contributed by atoms with van der Waals surface area (Å²) in [7, 11) is 0. The van der Waals surface area contributed by atoms with E-state index in [1.807, 2.05) is 53.5 Å². The van der Waals surface area contributed by atoms with Crippen molar-refractivity contribution in [3.05, 3.63) is 65.4 Å². The monoisotopic (exact) mass is 476 g/mol. The summed E-state index contributed by atoms with van der Waals surface area (Å²) in [5, 5.41) is 5.68. The third kappa shape index (κ3) is 6.02. The standard InChI is InChI=1S/C28H36N4O3/c1-4-20-9-7-11-22(17-20)29-27(35)30-23-14-13-21-10-5-6-12-24(21)32(26(23)34)18-25(33)31-16-8-15-28(2,3)19-31/h5-7,9,11-13,17,23H,4,8,10,14-16,18-19H2,1-3H3,(H2,29,30,35)/t23-/m1/s1. The summed E-state index contributed by atoms with van der Waals surface area (Å²) < 4.78 is 0. The molecule has 3 aliphatic rings. The number of carbonyl (C=O) groups excluding carboxylic acids is 3. The van der Waals surface area contributed by atoms with E-state index < -0.39 is 12.1 Å². The summed E-state index contributed by atoms with van der Waals surface area (Å²) in [6, 6.07) is 6.46. The van der Waals surface area contributed by atoms with Gasteiger partial charge in [-0.2, -0.15) is 0 Å². The molecule has 1 saturated heterocycles. The van der Waals surface area contributed by atoms with E-state index in [1.54, 1.807) is 4.90 Å².